The second-order valence-corrected chi connectivity index (χ2v) is 7.89. The first kappa shape index (κ1) is 21.8. The van der Waals surface area contributed by atoms with E-state index in [0.717, 1.165) is 60.5 Å². The fourth-order valence-electron chi connectivity index (χ4n) is 4.13. The van der Waals surface area contributed by atoms with Gasteiger partial charge in [-0.15, -0.1) is 0 Å². The number of nitrogens with zero attached hydrogens (tertiary/aromatic N) is 5. The van der Waals surface area contributed by atoms with E-state index >= 15 is 0 Å². The lowest BCUT2D eigenvalue weighted by atomic mass is 10.2. The van der Waals surface area contributed by atoms with Crippen LogP contribution in [0.3, 0.4) is 0 Å². The molecule has 1 aliphatic rings. The monoisotopic (exact) mass is 434 g/mol. The molecule has 1 fully saturated rings. The van der Waals surface area contributed by atoms with Crippen molar-refractivity contribution in [3.63, 3.8) is 0 Å². The van der Waals surface area contributed by atoms with Crippen molar-refractivity contribution in [1.29, 1.82) is 0 Å². The van der Waals surface area contributed by atoms with Crippen molar-refractivity contribution in [3.8, 4) is 11.6 Å². The molecule has 0 saturated carbocycles. The van der Waals surface area contributed by atoms with Gasteiger partial charge in [-0.2, -0.15) is 5.10 Å². The van der Waals surface area contributed by atoms with Crippen molar-refractivity contribution in [2.45, 2.75) is 20.8 Å². The number of ether oxygens (including phenoxy) is 1. The minimum Gasteiger partial charge on any atom is -0.494 e. The summed E-state index contributed by atoms with van der Waals surface area (Å²) in [6, 6.07) is 13.3. The summed E-state index contributed by atoms with van der Waals surface area (Å²) in [6.45, 7) is 10.4. The molecule has 0 radical (unpaired) electrons. The van der Waals surface area contributed by atoms with Crippen LogP contribution in [0.25, 0.3) is 5.82 Å². The maximum atomic E-state index is 12.5. The highest BCUT2D eigenvalue weighted by atomic mass is 16.5. The number of anilines is 2. The van der Waals surface area contributed by atoms with E-state index in [9.17, 15) is 4.79 Å². The topological polar surface area (TPSA) is 75.5 Å². The number of carbonyl (C=O) groups is 1. The van der Waals surface area contributed by atoms with E-state index in [2.05, 4.69) is 27.0 Å². The molecular formula is C24H30N6O2. The van der Waals surface area contributed by atoms with Gasteiger partial charge >= 0.3 is 0 Å². The van der Waals surface area contributed by atoms with Crippen molar-refractivity contribution in [2.75, 3.05) is 49.5 Å². The maximum Gasteiger partial charge on any atom is 0.238 e. The van der Waals surface area contributed by atoms with Crippen molar-refractivity contribution < 1.29 is 9.53 Å². The zero-order chi connectivity index (χ0) is 22.5. The molecule has 1 saturated heterocycles. The van der Waals surface area contributed by atoms with Gasteiger partial charge in [0.2, 0.25) is 5.91 Å². The van der Waals surface area contributed by atoms with Gasteiger partial charge < -0.3 is 15.0 Å². The lowest BCUT2D eigenvalue weighted by molar-refractivity contribution is -0.117. The number of hydrogen-bond donors (Lipinski definition) is 1. The van der Waals surface area contributed by atoms with Crippen LogP contribution in [-0.2, 0) is 4.79 Å². The molecule has 1 N–H and O–H groups in total. The van der Waals surface area contributed by atoms with Gasteiger partial charge in [0, 0.05) is 38.1 Å². The lowest BCUT2D eigenvalue weighted by Gasteiger charge is -2.35. The highest BCUT2D eigenvalue weighted by molar-refractivity contribution is 5.92. The standard InChI is InChI=1S/C24H30N6O2/c1-4-32-21-10-8-20(9-11-21)26-23(31)17-28-13-15-29(16-14-28)24-18(2)27-30(19(24)3)22-7-5-6-12-25-22/h5-12H,4,13-17H2,1-3H3,(H,26,31). The molecule has 1 aromatic carbocycles. The van der Waals surface area contributed by atoms with Crippen LogP contribution in [0.1, 0.15) is 18.3 Å². The Balaban J connectivity index is 1.32. The smallest absolute Gasteiger partial charge is 0.238 e. The number of nitrogens with one attached hydrogen (secondary N) is 1. The van der Waals surface area contributed by atoms with E-state index in [1.54, 1.807) is 6.20 Å². The highest BCUT2D eigenvalue weighted by Gasteiger charge is 2.24. The van der Waals surface area contributed by atoms with Gasteiger partial charge in [-0.1, -0.05) is 6.07 Å². The van der Waals surface area contributed by atoms with Crippen molar-refractivity contribution in [1.82, 2.24) is 19.7 Å². The molecule has 32 heavy (non-hydrogen) atoms. The summed E-state index contributed by atoms with van der Waals surface area (Å²) < 4.78 is 7.35. The average Bonchev–Trinajstić information content (AvgIpc) is 3.10. The van der Waals surface area contributed by atoms with Crippen LogP contribution in [0.15, 0.2) is 48.7 Å². The Morgan fingerprint density at radius 2 is 1.81 bits per heavy atom. The number of rotatable bonds is 7. The second-order valence-electron chi connectivity index (χ2n) is 7.89. The molecule has 168 valence electrons. The van der Waals surface area contributed by atoms with Crippen LogP contribution in [0.5, 0.6) is 5.75 Å². The van der Waals surface area contributed by atoms with E-state index in [0.29, 0.717) is 13.2 Å². The van der Waals surface area contributed by atoms with Crippen LogP contribution < -0.4 is 15.0 Å². The first-order chi connectivity index (χ1) is 15.5. The molecule has 3 aromatic rings. The van der Waals surface area contributed by atoms with E-state index in [-0.39, 0.29) is 5.91 Å². The predicted molar refractivity (Wildman–Crippen MR) is 126 cm³/mol. The average molecular weight is 435 g/mol. The quantitative estimate of drug-likeness (QED) is 0.616. The van der Waals surface area contributed by atoms with Crippen LogP contribution in [-0.4, -0.2) is 64.9 Å². The molecule has 0 bridgehead atoms. The summed E-state index contributed by atoms with van der Waals surface area (Å²) in [5, 5.41) is 7.68. The fourth-order valence-corrected chi connectivity index (χ4v) is 4.13. The third kappa shape index (κ3) is 4.91. The Morgan fingerprint density at radius 1 is 1.06 bits per heavy atom. The van der Waals surface area contributed by atoms with Crippen LogP contribution in [0, 0.1) is 13.8 Å². The van der Waals surface area contributed by atoms with Crippen LogP contribution in [0.4, 0.5) is 11.4 Å². The van der Waals surface area contributed by atoms with Gasteiger partial charge in [-0.05, 0) is 57.2 Å². The SMILES string of the molecule is CCOc1ccc(NC(=O)CN2CCN(c3c(C)nn(-c4ccccn4)c3C)CC2)cc1. The molecule has 0 spiro atoms. The second kappa shape index (κ2) is 9.82. The lowest BCUT2D eigenvalue weighted by Crippen LogP contribution is -2.49. The van der Waals surface area contributed by atoms with E-state index in [1.165, 1.54) is 0 Å². The number of carbonyl (C=O) groups excluding carboxylic acids is 1. The van der Waals surface area contributed by atoms with Gasteiger partial charge in [-0.3, -0.25) is 9.69 Å². The molecule has 0 unspecified atom stereocenters. The summed E-state index contributed by atoms with van der Waals surface area (Å²) in [7, 11) is 0. The largest absolute Gasteiger partial charge is 0.494 e. The molecule has 8 heteroatoms. The minimum atomic E-state index is -0.00191. The Bertz CT molecular complexity index is 1040. The van der Waals surface area contributed by atoms with Crippen LogP contribution in [0.2, 0.25) is 0 Å². The Labute approximate surface area is 188 Å². The normalized spacial score (nSPS) is 14.4. The van der Waals surface area contributed by atoms with Gasteiger partial charge in [0.25, 0.3) is 0 Å². The summed E-state index contributed by atoms with van der Waals surface area (Å²) in [4.78, 5) is 21.5. The molecular weight excluding hydrogens is 404 g/mol. The molecule has 3 heterocycles. The number of amides is 1. The third-order valence-electron chi connectivity index (χ3n) is 5.62. The number of piperazine rings is 1. The number of aromatic nitrogens is 3. The van der Waals surface area contributed by atoms with Crippen molar-refractivity contribution >= 4 is 17.3 Å². The Hall–Kier alpha value is -3.39. The number of pyridine rings is 1. The molecule has 0 aliphatic carbocycles. The van der Waals surface area contributed by atoms with Crippen molar-refractivity contribution in [3.05, 3.63) is 60.0 Å². The predicted octanol–water partition coefficient (Wildman–Crippen LogP) is 3.04. The van der Waals surface area contributed by atoms with Gasteiger partial charge in [-0.25, -0.2) is 9.67 Å². The zero-order valence-electron chi connectivity index (χ0n) is 18.9. The fraction of sp³-hybridized carbons (Fsp3) is 0.375. The molecule has 4 rings (SSSR count). The molecule has 1 aliphatic heterocycles. The number of benzene rings is 1. The molecule has 1 amide bonds. The minimum absolute atomic E-state index is 0.00191. The Kier molecular flexibility index (Phi) is 6.70. The van der Waals surface area contributed by atoms with Crippen molar-refractivity contribution in [2.24, 2.45) is 0 Å². The number of hydrogen-bond acceptors (Lipinski definition) is 6. The summed E-state index contributed by atoms with van der Waals surface area (Å²) in [6.07, 6.45) is 1.78. The Morgan fingerprint density at radius 3 is 2.47 bits per heavy atom. The summed E-state index contributed by atoms with van der Waals surface area (Å²) >= 11 is 0. The van der Waals surface area contributed by atoms with Crippen LogP contribution >= 0.6 is 0 Å². The molecule has 2 aromatic heterocycles. The first-order valence-corrected chi connectivity index (χ1v) is 11.0. The summed E-state index contributed by atoms with van der Waals surface area (Å²) in [5.74, 6) is 1.63. The first-order valence-electron chi connectivity index (χ1n) is 11.0. The molecule has 8 nitrogen and oxygen atoms in total. The zero-order valence-corrected chi connectivity index (χ0v) is 18.9. The van der Waals surface area contributed by atoms with E-state index < -0.39 is 0 Å². The van der Waals surface area contributed by atoms with Gasteiger partial charge in [0.1, 0.15) is 5.75 Å². The highest BCUT2D eigenvalue weighted by Crippen LogP contribution is 2.27. The molecule has 0 atom stereocenters. The summed E-state index contributed by atoms with van der Waals surface area (Å²) in [5.41, 5.74) is 4.03. The third-order valence-corrected chi connectivity index (χ3v) is 5.62. The number of aryl methyl sites for hydroxylation is 1. The van der Waals surface area contributed by atoms with Gasteiger partial charge in [0.15, 0.2) is 5.82 Å². The van der Waals surface area contributed by atoms with Gasteiger partial charge in [0.05, 0.1) is 30.2 Å². The van der Waals surface area contributed by atoms with E-state index in [4.69, 9.17) is 9.84 Å². The maximum absolute atomic E-state index is 12.5. The van der Waals surface area contributed by atoms with E-state index in [1.807, 2.05) is 61.0 Å².